The van der Waals surface area contributed by atoms with Crippen molar-refractivity contribution in [1.82, 2.24) is 10.3 Å². The highest BCUT2D eigenvalue weighted by molar-refractivity contribution is 7.16. The van der Waals surface area contributed by atoms with Gasteiger partial charge in [-0.1, -0.05) is 48.0 Å². The molecule has 0 aliphatic heterocycles. The summed E-state index contributed by atoms with van der Waals surface area (Å²) in [6.07, 6.45) is 2.95. The second-order valence-corrected chi connectivity index (χ2v) is 6.70. The highest BCUT2D eigenvalue weighted by Gasteiger charge is 2.15. The lowest BCUT2D eigenvalue weighted by atomic mass is 10.2. The Morgan fingerprint density at radius 2 is 1.77 bits per heavy atom. The first kappa shape index (κ1) is 17.8. The van der Waals surface area contributed by atoms with E-state index in [0.717, 1.165) is 10.4 Å². The second-order valence-electron chi connectivity index (χ2n) is 5.23. The lowest BCUT2D eigenvalue weighted by Crippen LogP contribution is -2.27. The van der Waals surface area contributed by atoms with Gasteiger partial charge < -0.3 is 10.4 Å². The number of carbonyl (C=O) groups is 2. The molecule has 7 heteroatoms. The molecule has 0 saturated carbocycles. The van der Waals surface area contributed by atoms with Gasteiger partial charge in [-0.15, -0.1) is 11.3 Å². The third kappa shape index (κ3) is 4.17. The van der Waals surface area contributed by atoms with Crippen LogP contribution in [-0.4, -0.2) is 22.0 Å². The van der Waals surface area contributed by atoms with Gasteiger partial charge in [-0.3, -0.25) is 4.79 Å². The maximum absolute atomic E-state index is 12.2. The Hall–Kier alpha value is -2.96. The summed E-state index contributed by atoms with van der Waals surface area (Å²) in [7, 11) is 0. The van der Waals surface area contributed by atoms with Gasteiger partial charge in [0.25, 0.3) is 5.91 Å². The van der Waals surface area contributed by atoms with Crippen molar-refractivity contribution < 1.29 is 14.7 Å². The Kier molecular flexibility index (Phi) is 5.46. The maximum atomic E-state index is 12.2. The molecule has 26 heavy (non-hydrogen) atoms. The smallest absolute Gasteiger partial charge is 0.352 e. The Labute approximate surface area is 158 Å². The van der Waals surface area contributed by atoms with E-state index >= 15 is 0 Å². The Morgan fingerprint density at radius 1 is 1.08 bits per heavy atom. The van der Waals surface area contributed by atoms with Crippen LogP contribution in [0.3, 0.4) is 0 Å². The number of amides is 1. The van der Waals surface area contributed by atoms with Crippen LogP contribution in [0.4, 0.5) is 0 Å². The molecule has 1 heterocycles. The number of aromatic nitrogens is 1. The average Bonchev–Trinajstić information content (AvgIpc) is 3.10. The number of nitrogens with zero attached hydrogens (tertiary/aromatic N) is 1. The van der Waals surface area contributed by atoms with E-state index in [-0.39, 0.29) is 5.70 Å². The first-order chi connectivity index (χ1) is 12.5. The van der Waals surface area contributed by atoms with Gasteiger partial charge in [-0.25, -0.2) is 9.78 Å². The molecule has 0 spiro atoms. The number of aliphatic carboxylic acids is 1. The predicted octanol–water partition coefficient (Wildman–Crippen LogP) is 4.32. The molecule has 0 radical (unpaired) electrons. The quantitative estimate of drug-likeness (QED) is 0.642. The van der Waals surface area contributed by atoms with Crippen LogP contribution in [0, 0.1) is 0 Å². The van der Waals surface area contributed by atoms with E-state index < -0.39 is 11.9 Å². The van der Waals surface area contributed by atoms with E-state index in [4.69, 9.17) is 11.6 Å². The highest BCUT2D eigenvalue weighted by Crippen LogP contribution is 2.32. The van der Waals surface area contributed by atoms with Crippen molar-refractivity contribution in [3.63, 3.8) is 0 Å². The Bertz CT molecular complexity index is 983. The van der Waals surface area contributed by atoms with Crippen LogP contribution in [0.25, 0.3) is 16.5 Å². The third-order valence-corrected chi connectivity index (χ3v) is 4.75. The number of rotatable bonds is 5. The fourth-order valence-corrected chi connectivity index (χ4v) is 3.39. The van der Waals surface area contributed by atoms with Crippen LogP contribution in [-0.2, 0) is 4.79 Å². The van der Waals surface area contributed by atoms with Crippen molar-refractivity contribution in [3.05, 3.63) is 82.1 Å². The van der Waals surface area contributed by atoms with E-state index in [0.29, 0.717) is 15.6 Å². The molecule has 3 aromatic rings. The largest absolute Gasteiger partial charge is 0.477 e. The van der Waals surface area contributed by atoms with Crippen molar-refractivity contribution in [2.75, 3.05) is 0 Å². The molecule has 0 bridgehead atoms. The van der Waals surface area contributed by atoms with Crippen molar-refractivity contribution in [2.24, 2.45) is 0 Å². The summed E-state index contributed by atoms with van der Waals surface area (Å²) in [5.74, 6) is -1.74. The summed E-state index contributed by atoms with van der Waals surface area (Å²) in [6.45, 7) is 0. The number of benzene rings is 2. The highest BCUT2D eigenvalue weighted by atomic mass is 35.5. The molecule has 0 aliphatic carbocycles. The zero-order valence-electron chi connectivity index (χ0n) is 13.3. The summed E-state index contributed by atoms with van der Waals surface area (Å²) in [5, 5.41) is 12.8. The Balaban J connectivity index is 1.85. The summed E-state index contributed by atoms with van der Waals surface area (Å²) in [5.41, 5.74) is 0.936. The summed E-state index contributed by atoms with van der Waals surface area (Å²) >= 11 is 7.46. The normalized spacial score (nSPS) is 11.2. The fraction of sp³-hybridized carbons (Fsp3) is 0. The van der Waals surface area contributed by atoms with Crippen LogP contribution in [0.2, 0.25) is 5.02 Å². The molecule has 2 aromatic carbocycles. The van der Waals surface area contributed by atoms with Crippen molar-refractivity contribution in [1.29, 1.82) is 0 Å². The van der Waals surface area contributed by atoms with E-state index in [1.807, 2.05) is 18.2 Å². The molecule has 0 atom stereocenters. The molecule has 1 amide bonds. The molecule has 0 unspecified atom stereocenters. The van der Waals surface area contributed by atoms with Gasteiger partial charge >= 0.3 is 5.97 Å². The zero-order valence-corrected chi connectivity index (χ0v) is 14.9. The second kappa shape index (κ2) is 7.95. The SMILES string of the molecule is O=C(O)/C(=C/c1ncc(-c2ccccc2Cl)s1)NC(=O)c1ccccc1. The van der Waals surface area contributed by atoms with Gasteiger partial charge in [0.2, 0.25) is 0 Å². The number of hydrogen-bond donors (Lipinski definition) is 2. The summed E-state index contributed by atoms with van der Waals surface area (Å²) in [6, 6.07) is 15.7. The Morgan fingerprint density at radius 3 is 2.46 bits per heavy atom. The van der Waals surface area contributed by atoms with Crippen LogP contribution < -0.4 is 5.32 Å². The number of carboxylic acids is 1. The summed E-state index contributed by atoms with van der Waals surface area (Å²) in [4.78, 5) is 28.7. The average molecular weight is 385 g/mol. The van der Waals surface area contributed by atoms with Crippen molar-refractivity contribution >= 4 is 40.9 Å². The fourth-order valence-electron chi connectivity index (χ4n) is 2.20. The van der Waals surface area contributed by atoms with Gasteiger partial charge in [-0.05, 0) is 18.2 Å². The molecule has 0 aliphatic rings. The van der Waals surface area contributed by atoms with Crippen LogP contribution in [0.15, 0.2) is 66.5 Å². The van der Waals surface area contributed by atoms with Gasteiger partial charge in [0.05, 0.1) is 4.88 Å². The maximum Gasteiger partial charge on any atom is 0.352 e. The van der Waals surface area contributed by atoms with Gasteiger partial charge in [-0.2, -0.15) is 0 Å². The molecule has 0 fully saturated rings. The molecule has 1 aromatic heterocycles. The third-order valence-electron chi connectivity index (χ3n) is 3.45. The topological polar surface area (TPSA) is 79.3 Å². The van der Waals surface area contributed by atoms with Crippen molar-refractivity contribution in [2.45, 2.75) is 0 Å². The molecular weight excluding hydrogens is 372 g/mol. The number of hydrogen-bond acceptors (Lipinski definition) is 4. The molecule has 0 saturated heterocycles. The number of nitrogens with one attached hydrogen (secondary N) is 1. The minimum absolute atomic E-state index is 0.251. The number of carbonyl (C=O) groups excluding carboxylic acids is 1. The number of halogens is 1. The molecule has 2 N–H and O–H groups in total. The van der Waals surface area contributed by atoms with Crippen molar-refractivity contribution in [3.8, 4) is 10.4 Å². The molecular formula is C19H13ClN2O3S. The van der Waals surface area contributed by atoms with E-state index in [1.165, 1.54) is 17.4 Å². The van der Waals surface area contributed by atoms with Gasteiger partial charge in [0.15, 0.2) is 0 Å². The number of thiazole rings is 1. The van der Waals surface area contributed by atoms with Crippen LogP contribution in [0.5, 0.6) is 0 Å². The predicted molar refractivity (Wildman–Crippen MR) is 102 cm³/mol. The minimum atomic E-state index is -1.25. The molecule has 5 nitrogen and oxygen atoms in total. The number of carboxylic acid groups (broad SMARTS) is 1. The van der Waals surface area contributed by atoms with E-state index in [2.05, 4.69) is 10.3 Å². The molecule has 130 valence electrons. The summed E-state index contributed by atoms with van der Waals surface area (Å²) < 4.78 is 0. The molecule has 3 rings (SSSR count). The van der Waals surface area contributed by atoms with Gasteiger partial charge in [0, 0.05) is 28.4 Å². The standard InChI is InChI=1S/C19H13ClN2O3S/c20-14-9-5-4-8-13(14)16-11-21-17(26-16)10-15(19(24)25)22-18(23)12-6-2-1-3-7-12/h1-11H,(H,22,23)(H,24,25)/b15-10-. The first-order valence-electron chi connectivity index (χ1n) is 7.56. The first-order valence-corrected chi connectivity index (χ1v) is 8.76. The minimum Gasteiger partial charge on any atom is -0.477 e. The lowest BCUT2D eigenvalue weighted by molar-refractivity contribution is -0.132. The monoisotopic (exact) mass is 384 g/mol. The lowest BCUT2D eigenvalue weighted by Gasteiger charge is -2.05. The van der Waals surface area contributed by atoms with Crippen LogP contribution >= 0.6 is 22.9 Å². The van der Waals surface area contributed by atoms with Gasteiger partial charge in [0.1, 0.15) is 10.7 Å². The van der Waals surface area contributed by atoms with E-state index in [1.54, 1.807) is 42.6 Å². The zero-order chi connectivity index (χ0) is 18.5. The van der Waals surface area contributed by atoms with Crippen LogP contribution in [0.1, 0.15) is 15.4 Å². The van der Waals surface area contributed by atoms with E-state index in [9.17, 15) is 14.7 Å².